The zero-order chi connectivity index (χ0) is 12.9. The molecule has 0 rings (SSSR count). The number of carbonyl (C=O) groups excluding carboxylic acids is 3. The number of carbonyl (C=O) groups is 4. The van der Waals surface area contributed by atoms with E-state index in [1.807, 2.05) is 0 Å². The van der Waals surface area contributed by atoms with Gasteiger partial charge in [0.25, 0.3) is 5.91 Å². The van der Waals surface area contributed by atoms with Crippen LogP contribution in [0.2, 0.25) is 0 Å². The van der Waals surface area contributed by atoms with Gasteiger partial charge in [-0.2, -0.15) is 0 Å². The van der Waals surface area contributed by atoms with Gasteiger partial charge in [-0.05, 0) is 0 Å². The number of carboxylic acids is 1. The van der Waals surface area contributed by atoms with Crippen LogP contribution in [0.25, 0.3) is 0 Å². The third kappa shape index (κ3) is 4.40. The van der Waals surface area contributed by atoms with Crippen molar-refractivity contribution in [2.24, 2.45) is 5.73 Å². The highest BCUT2D eigenvalue weighted by atomic mass is 16.6. The van der Waals surface area contributed by atoms with Crippen LogP contribution in [0.3, 0.4) is 0 Å². The van der Waals surface area contributed by atoms with Crippen LogP contribution in [0, 0.1) is 0 Å². The van der Waals surface area contributed by atoms with Crippen LogP contribution in [0.15, 0.2) is 0 Å². The summed E-state index contributed by atoms with van der Waals surface area (Å²) in [5.41, 5.74) is 4.83. The largest absolute Gasteiger partial charge is 0.478 e. The van der Waals surface area contributed by atoms with E-state index in [0.29, 0.717) is 0 Å². The van der Waals surface area contributed by atoms with E-state index in [4.69, 9.17) is 10.8 Å². The van der Waals surface area contributed by atoms with E-state index in [9.17, 15) is 19.2 Å². The second-order valence-corrected chi connectivity index (χ2v) is 2.80. The van der Waals surface area contributed by atoms with Gasteiger partial charge >= 0.3 is 17.9 Å². The molecule has 8 heteroatoms. The molecule has 3 N–H and O–H groups in total. The molecule has 0 aliphatic rings. The Labute approximate surface area is 90.3 Å². The monoisotopic (exact) mass is 233 g/mol. The molecule has 0 heterocycles. The molecule has 16 heavy (non-hydrogen) atoms. The van der Waals surface area contributed by atoms with Crippen molar-refractivity contribution in [2.45, 2.75) is 26.1 Å². The van der Waals surface area contributed by atoms with Crippen LogP contribution in [0.4, 0.5) is 0 Å². The molecule has 2 atom stereocenters. The Kier molecular flexibility index (Phi) is 4.93. The molecule has 0 radical (unpaired) electrons. The van der Waals surface area contributed by atoms with Crippen LogP contribution in [0.1, 0.15) is 13.8 Å². The predicted octanol–water partition coefficient (Wildman–Crippen LogP) is -1.58. The summed E-state index contributed by atoms with van der Waals surface area (Å²) in [5, 5.41) is 8.68. The molecule has 0 bridgehead atoms. The molecule has 0 aromatic rings. The number of hydrogen-bond donors (Lipinski definition) is 2. The summed E-state index contributed by atoms with van der Waals surface area (Å²) in [7, 11) is 0. The summed E-state index contributed by atoms with van der Waals surface area (Å²) < 4.78 is 8.68. The minimum atomic E-state index is -1.95. The molecule has 0 saturated carbocycles. The third-order valence-corrected chi connectivity index (χ3v) is 1.38. The molecular formula is C8H11NO7. The fourth-order valence-electron chi connectivity index (χ4n) is 0.868. The zero-order valence-corrected chi connectivity index (χ0v) is 8.63. The quantitative estimate of drug-likeness (QED) is 0.547. The van der Waals surface area contributed by atoms with Crippen LogP contribution in [-0.4, -0.2) is 41.1 Å². The van der Waals surface area contributed by atoms with Crippen LogP contribution < -0.4 is 5.73 Å². The Morgan fingerprint density at radius 2 is 1.38 bits per heavy atom. The van der Waals surface area contributed by atoms with Crippen molar-refractivity contribution in [1.82, 2.24) is 0 Å². The highest BCUT2D eigenvalue weighted by Gasteiger charge is 2.37. The molecule has 0 unspecified atom stereocenters. The van der Waals surface area contributed by atoms with Crippen molar-refractivity contribution in [1.29, 1.82) is 0 Å². The van der Waals surface area contributed by atoms with E-state index in [-0.39, 0.29) is 0 Å². The van der Waals surface area contributed by atoms with Gasteiger partial charge in [0.05, 0.1) is 0 Å². The van der Waals surface area contributed by atoms with Crippen molar-refractivity contribution < 1.29 is 33.8 Å². The lowest BCUT2D eigenvalue weighted by atomic mass is 10.2. The maximum atomic E-state index is 10.9. The molecule has 0 saturated heterocycles. The fraction of sp³-hybridized carbons (Fsp3) is 0.500. The molecule has 0 aromatic carbocycles. The van der Waals surface area contributed by atoms with Gasteiger partial charge in [0.1, 0.15) is 0 Å². The maximum absolute atomic E-state index is 10.9. The van der Waals surface area contributed by atoms with E-state index < -0.39 is 36.0 Å². The summed E-state index contributed by atoms with van der Waals surface area (Å²) in [5.74, 6) is -4.71. The normalized spacial score (nSPS) is 13.4. The smallest absolute Gasteiger partial charge is 0.349 e. The minimum absolute atomic E-state index is 0.915. The minimum Gasteiger partial charge on any atom is -0.478 e. The molecule has 1 amide bonds. The van der Waals surface area contributed by atoms with Gasteiger partial charge in [-0.1, -0.05) is 0 Å². The number of esters is 2. The van der Waals surface area contributed by atoms with Crippen molar-refractivity contribution in [2.75, 3.05) is 0 Å². The summed E-state index contributed by atoms with van der Waals surface area (Å²) in [6, 6.07) is 0. The molecule has 8 nitrogen and oxygen atoms in total. The lowest BCUT2D eigenvalue weighted by molar-refractivity contribution is -0.180. The average Bonchev–Trinajstić information content (AvgIpc) is 2.09. The zero-order valence-electron chi connectivity index (χ0n) is 8.63. The van der Waals surface area contributed by atoms with E-state index in [2.05, 4.69) is 9.47 Å². The Hall–Kier alpha value is -2.12. The summed E-state index contributed by atoms with van der Waals surface area (Å²) in [6.45, 7) is 1.91. The summed E-state index contributed by atoms with van der Waals surface area (Å²) >= 11 is 0. The van der Waals surface area contributed by atoms with E-state index in [0.717, 1.165) is 13.8 Å². The molecular weight excluding hydrogens is 222 g/mol. The lowest BCUT2D eigenvalue weighted by Gasteiger charge is -2.20. The number of amides is 1. The first-order chi connectivity index (χ1) is 7.25. The number of rotatable bonds is 5. The van der Waals surface area contributed by atoms with Gasteiger partial charge in [0.2, 0.25) is 12.2 Å². The fourth-order valence-corrected chi connectivity index (χ4v) is 0.868. The number of aliphatic carboxylic acids is 1. The topological polar surface area (TPSA) is 133 Å². The Bertz CT molecular complexity index is 292. The molecule has 0 aliphatic carbocycles. The van der Waals surface area contributed by atoms with Crippen molar-refractivity contribution >= 4 is 23.8 Å². The summed E-state index contributed by atoms with van der Waals surface area (Å²) in [6.07, 6.45) is -3.79. The number of hydrogen-bond acceptors (Lipinski definition) is 6. The van der Waals surface area contributed by atoms with Gasteiger partial charge in [-0.25, -0.2) is 4.79 Å². The van der Waals surface area contributed by atoms with Crippen LogP contribution in [-0.2, 0) is 28.7 Å². The third-order valence-electron chi connectivity index (χ3n) is 1.38. The predicted molar refractivity (Wildman–Crippen MR) is 47.9 cm³/mol. The Morgan fingerprint density at radius 3 is 1.62 bits per heavy atom. The van der Waals surface area contributed by atoms with Gasteiger partial charge in [0.15, 0.2) is 0 Å². The number of ether oxygens (including phenoxy) is 2. The van der Waals surface area contributed by atoms with Gasteiger partial charge in [0, 0.05) is 13.8 Å². The second-order valence-electron chi connectivity index (χ2n) is 2.80. The molecule has 0 fully saturated rings. The molecule has 0 aromatic heterocycles. The lowest BCUT2D eigenvalue weighted by Crippen LogP contribution is -2.48. The van der Waals surface area contributed by atoms with Crippen molar-refractivity contribution in [3.05, 3.63) is 0 Å². The van der Waals surface area contributed by atoms with E-state index >= 15 is 0 Å². The van der Waals surface area contributed by atoms with Gasteiger partial charge in [-0.15, -0.1) is 0 Å². The highest BCUT2D eigenvalue weighted by molar-refractivity contribution is 5.89. The van der Waals surface area contributed by atoms with E-state index in [1.54, 1.807) is 0 Å². The maximum Gasteiger partial charge on any atom is 0.349 e. The van der Waals surface area contributed by atoms with Crippen LogP contribution >= 0.6 is 0 Å². The first kappa shape index (κ1) is 13.9. The average molecular weight is 233 g/mol. The molecule has 90 valence electrons. The summed E-state index contributed by atoms with van der Waals surface area (Å²) in [4.78, 5) is 42.7. The van der Waals surface area contributed by atoms with Crippen molar-refractivity contribution in [3.63, 3.8) is 0 Å². The van der Waals surface area contributed by atoms with Gasteiger partial charge < -0.3 is 20.3 Å². The SMILES string of the molecule is CC(=O)O[C@H](C(N)=O)[C@@H](OC(C)=O)C(=O)O. The van der Waals surface area contributed by atoms with Crippen LogP contribution in [0.5, 0.6) is 0 Å². The molecule has 0 spiro atoms. The first-order valence-electron chi connectivity index (χ1n) is 4.12. The van der Waals surface area contributed by atoms with E-state index in [1.165, 1.54) is 0 Å². The number of primary amides is 1. The van der Waals surface area contributed by atoms with Gasteiger partial charge in [-0.3, -0.25) is 14.4 Å². The molecule has 0 aliphatic heterocycles. The Balaban J connectivity index is 4.93. The number of nitrogens with two attached hydrogens (primary N) is 1. The first-order valence-corrected chi connectivity index (χ1v) is 4.12. The standard InChI is InChI=1S/C8H11NO7/c1-3(10)15-5(7(9)12)6(8(13)14)16-4(2)11/h5-6H,1-2H3,(H2,9,12)(H,13,14)/t5-,6+/m0/s1. The Morgan fingerprint density at radius 1 is 1.00 bits per heavy atom. The second kappa shape index (κ2) is 5.69. The number of carboxylic acid groups (broad SMARTS) is 1. The van der Waals surface area contributed by atoms with Crippen molar-refractivity contribution in [3.8, 4) is 0 Å². The highest BCUT2D eigenvalue weighted by Crippen LogP contribution is 2.06.